The van der Waals surface area contributed by atoms with Crippen molar-refractivity contribution in [1.82, 2.24) is 10.6 Å². The van der Waals surface area contributed by atoms with Crippen LogP contribution in [0.3, 0.4) is 0 Å². The van der Waals surface area contributed by atoms with Crippen LogP contribution in [0.2, 0.25) is 0 Å². The van der Waals surface area contributed by atoms with Crippen LogP contribution in [0.15, 0.2) is 30.3 Å². The van der Waals surface area contributed by atoms with E-state index >= 15 is 0 Å². The fraction of sp³-hybridized carbons (Fsp3) is 0.400. The van der Waals surface area contributed by atoms with Crippen molar-refractivity contribution in [2.75, 3.05) is 0 Å². The molecule has 1 heterocycles. The van der Waals surface area contributed by atoms with Crippen molar-refractivity contribution in [3.05, 3.63) is 35.9 Å². The highest BCUT2D eigenvalue weighted by atomic mass is 16.4. The molecular weight excluding hydrogens is 272 g/mol. The molecule has 1 aromatic carbocycles. The molecule has 0 aliphatic carbocycles. The molecule has 0 aromatic heterocycles. The minimum absolute atomic E-state index is 0.0309. The smallest absolute Gasteiger partial charge is 0.303 e. The number of hydrogen-bond donors (Lipinski definition) is 3. The van der Waals surface area contributed by atoms with Crippen molar-refractivity contribution in [1.29, 1.82) is 0 Å². The van der Waals surface area contributed by atoms with Crippen LogP contribution in [0.4, 0.5) is 0 Å². The highest BCUT2D eigenvalue weighted by Gasteiger charge is 2.28. The van der Waals surface area contributed by atoms with Crippen molar-refractivity contribution < 1.29 is 19.5 Å². The van der Waals surface area contributed by atoms with Gasteiger partial charge in [-0.25, -0.2) is 0 Å². The van der Waals surface area contributed by atoms with Gasteiger partial charge in [0, 0.05) is 12.8 Å². The summed E-state index contributed by atoms with van der Waals surface area (Å²) in [6, 6.07) is 8.34. The fourth-order valence-corrected chi connectivity index (χ4v) is 2.36. The summed E-state index contributed by atoms with van der Waals surface area (Å²) in [5.41, 5.74) is 0.858. The Morgan fingerprint density at radius 1 is 1.33 bits per heavy atom. The molecule has 1 aliphatic rings. The molecule has 2 atom stereocenters. The van der Waals surface area contributed by atoms with Gasteiger partial charge < -0.3 is 15.7 Å². The first kappa shape index (κ1) is 15.0. The number of nitrogens with one attached hydrogen (secondary N) is 2. The minimum Gasteiger partial charge on any atom is -0.481 e. The highest BCUT2D eigenvalue weighted by Crippen LogP contribution is 2.19. The van der Waals surface area contributed by atoms with Crippen molar-refractivity contribution in [2.24, 2.45) is 0 Å². The lowest BCUT2D eigenvalue weighted by atomic mass is 10.0. The van der Waals surface area contributed by atoms with E-state index in [9.17, 15) is 14.4 Å². The predicted octanol–water partition coefficient (Wildman–Crippen LogP) is 0.987. The zero-order chi connectivity index (χ0) is 15.2. The average Bonchev–Trinajstić information content (AvgIpc) is 2.90. The van der Waals surface area contributed by atoms with Gasteiger partial charge in [-0.1, -0.05) is 30.3 Å². The second-order valence-corrected chi connectivity index (χ2v) is 5.06. The molecule has 1 unspecified atom stereocenters. The molecule has 1 aromatic rings. The predicted molar refractivity (Wildman–Crippen MR) is 75.4 cm³/mol. The number of benzene rings is 1. The number of carboxylic acids is 1. The van der Waals surface area contributed by atoms with Gasteiger partial charge in [-0.3, -0.25) is 14.4 Å². The molecule has 6 nitrogen and oxygen atoms in total. The van der Waals surface area contributed by atoms with E-state index in [0.29, 0.717) is 19.3 Å². The van der Waals surface area contributed by atoms with E-state index in [-0.39, 0.29) is 24.3 Å². The minimum atomic E-state index is -0.903. The van der Waals surface area contributed by atoms with E-state index in [1.165, 1.54) is 0 Å². The Morgan fingerprint density at radius 3 is 2.62 bits per heavy atom. The molecule has 0 spiro atoms. The van der Waals surface area contributed by atoms with Crippen molar-refractivity contribution in [2.45, 2.75) is 37.8 Å². The van der Waals surface area contributed by atoms with Gasteiger partial charge in [-0.05, 0) is 18.4 Å². The maximum absolute atomic E-state index is 12.1. The number of carbonyl (C=O) groups excluding carboxylic acids is 2. The Morgan fingerprint density at radius 2 is 2.05 bits per heavy atom. The second kappa shape index (κ2) is 6.88. The summed E-state index contributed by atoms with van der Waals surface area (Å²) in [5, 5.41) is 14.3. The molecule has 2 amide bonds. The van der Waals surface area contributed by atoms with Gasteiger partial charge in [-0.2, -0.15) is 0 Å². The number of carboxylic acid groups (broad SMARTS) is 1. The topological polar surface area (TPSA) is 95.5 Å². The highest BCUT2D eigenvalue weighted by molar-refractivity contribution is 5.91. The molecule has 2 rings (SSSR count). The third kappa shape index (κ3) is 4.30. The van der Waals surface area contributed by atoms with Crippen LogP contribution >= 0.6 is 0 Å². The van der Waals surface area contributed by atoms with Crippen LogP contribution < -0.4 is 10.6 Å². The molecule has 1 aliphatic heterocycles. The zero-order valence-electron chi connectivity index (χ0n) is 11.5. The molecule has 0 radical (unpaired) electrons. The lowest BCUT2D eigenvalue weighted by Crippen LogP contribution is -2.43. The van der Waals surface area contributed by atoms with Gasteiger partial charge in [0.15, 0.2) is 0 Å². The van der Waals surface area contributed by atoms with E-state index in [1.54, 1.807) is 0 Å². The third-order valence-electron chi connectivity index (χ3n) is 3.48. The summed E-state index contributed by atoms with van der Waals surface area (Å²) in [6.07, 6.45) is 1.11. The molecule has 6 heteroatoms. The third-order valence-corrected chi connectivity index (χ3v) is 3.48. The molecule has 112 valence electrons. The first-order valence-corrected chi connectivity index (χ1v) is 6.92. The van der Waals surface area contributed by atoms with Gasteiger partial charge in [0.2, 0.25) is 11.8 Å². The molecule has 21 heavy (non-hydrogen) atoms. The Hall–Kier alpha value is -2.37. The van der Waals surface area contributed by atoms with Crippen molar-refractivity contribution in [3.8, 4) is 0 Å². The molecule has 0 saturated carbocycles. The van der Waals surface area contributed by atoms with Gasteiger partial charge in [0.25, 0.3) is 0 Å². The first-order valence-electron chi connectivity index (χ1n) is 6.92. The summed E-state index contributed by atoms with van der Waals surface area (Å²) in [5.74, 6) is -1.30. The lowest BCUT2D eigenvalue weighted by molar-refractivity contribution is -0.137. The number of aliphatic carboxylic acids is 1. The Labute approximate surface area is 122 Å². The number of carbonyl (C=O) groups is 3. The summed E-state index contributed by atoms with van der Waals surface area (Å²) in [7, 11) is 0. The maximum Gasteiger partial charge on any atom is 0.303 e. The normalized spacial score (nSPS) is 18.9. The summed E-state index contributed by atoms with van der Waals surface area (Å²) < 4.78 is 0. The monoisotopic (exact) mass is 290 g/mol. The van der Waals surface area contributed by atoms with Crippen LogP contribution in [0.5, 0.6) is 0 Å². The van der Waals surface area contributed by atoms with Crippen LogP contribution in [0.1, 0.15) is 37.3 Å². The van der Waals surface area contributed by atoms with Crippen molar-refractivity contribution in [3.63, 3.8) is 0 Å². The SMILES string of the molecule is O=C(O)CCC(NC(=O)[C@H]1CCC(=O)N1)c1ccccc1. The van der Waals surface area contributed by atoms with E-state index in [1.807, 2.05) is 30.3 Å². The van der Waals surface area contributed by atoms with Crippen LogP contribution in [0, 0.1) is 0 Å². The van der Waals surface area contributed by atoms with E-state index in [2.05, 4.69) is 10.6 Å². The standard InChI is InChI=1S/C15H18N2O4/c18-13-8-6-12(16-13)15(21)17-11(7-9-14(19)20)10-4-2-1-3-5-10/h1-5,11-12H,6-9H2,(H,16,18)(H,17,21)(H,19,20)/t11?,12-/m1/s1. The average molecular weight is 290 g/mol. The zero-order valence-corrected chi connectivity index (χ0v) is 11.5. The Balaban J connectivity index is 2.03. The fourth-order valence-electron chi connectivity index (χ4n) is 2.36. The summed E-state index contributed by atoms with van der Waals surface area (Å²) in [4.78, 5) is 34.1. The van der Waals surface area contributed by atoms with Gasteiger partial charge in [0.1, 0.15) is 6.04 Å². The largest absolute Gasteiger partial charge is 0.481 e. The number of amides is 2. The molecule has 0 bridgehead atoms. The Kier molecular flexibility index (Phi) is 4.92. The summed E-state index contributed by atoms with van der Waals surface area (Å²) in [6.45, 7) is 0. The van der Waals surface area contributed by atoms with E-state index in [0.717, 1.165) is 5.56 Å². The summed E-state index contributed by atoms with van der Waals surface area (Å²) >= 11 is 0. The molecular formula is C15H18N2O4. The van der Waals surface area contributed by atoms with Crippen LogP contribution in [-0.2, 0) is 14.4 Å². The lowest BCUT2D eigenvalue weighted by Gasteiger charge is -2.20. The second-order valence-electron chi connectivity index (χ2n) is 5.06. The van der Waals surface area contributed by atoms with E-state index in [4.69, 9.17) is 5.11 Å². The molecule has 1 saturated heterocycles. The van der Waals surface area contributed by atoms with Crippen molar-refractivity contribution >= 4 is 17.8 Å². The van der Waals surface area contributed by atoms with E-state index < -0.39 is 12.0 Å². The molecule has 3 N–H and O–H groups in total. The first-order chi connectivity index (χ1) is 10.1. The van der Waals surface area contributed by atoms with Crippen LogP contribution in [0.25, 0.3) is 0 Å². The van der Waals surface area contributed by atoms with Crippen LogP contribution in [-0.4, -0.2) is 28.9 Å². The number of rotatable bonds is 6. The van der Waals surface area contributed by atoms with Gasteiger partial charge in [-0.15, -0.1) is 0 Å². The van der Waals surface area contributed by atoms with Gasteiger partial charge >= 0.3 is 5.97 Å². The number of hydrogen-bond acceptors (Lipinski definition) is 3. The molecule has 1 fully saturated rings. The maximum atomic E-state index is 12.1. The quantitative estimate of drug-likeness (QED) is 0.728. The van der Waals surface area contributed by atoms with Gasteiger partial charge in [0.05, 0.1) is 6.04 Å². The Bertz CT molecular complexity index is 530.